The van der Waals surface area contributed by atoms with Crippen LogP contribution >= 0.6 is 19.6 Å². The highest BCUT2D eigenvalue weighted by atomic mass is 35.5. The van der Waals surface area contributed by atoms with Crippen molar-refractivity contribution in [1.29, 1.82) is 0 Å². The van der Waals surface area contributed by atoms with Crippen LogP contribution in [0, 0.1) is 0 Å². The van der Waals surface area contributed by atoms with Crippen LogP contribution in [-0.2, 0) is 4.57 Å². The average molecular weight is 157 g/mol. The van der Waals surface area contributed by atoms with Gasteiger partial charge in [-0.15, -0.1) is 11.6 Å². The van der Waals surface area contributed by atoms with Gasteiger partial charge in [-0.3, -0.25) is 0 Å². The Balaban J connectivity index is 3.24. The smallest absolute Gasteiger partial charge is 0.311 e. The lowest BCUT2D eigenvalue weighted by Gasteiger charge is -1.96. The van der Waals surface area contributed by atoms with E-state index in [4.69, 9.17) is 16.7 Å². The minimum atomic E-state index is -2.48. The van der Waals surface area contributed by atoms with Gasteiger partial charge < -0.3 is 10.00 Å². The summed E-state index contributed by atoms with van der Waals surface area (Å²) in [5, 5.41) is 8.51. The number of alkyl halides is 1. The predicted octanol–water partition coefficient (Wildman–Crippen LogP) is -0.311. The molecule has 0 saturated carbocycles. The van der Waals surface area contributed by atoms with Crippen LogP contribution in [0.3, 0.4) is 0 Å². The maximum Gasteiger partial charge on any atom is 0.311 e. The normalized spacial score (nSPS) is 15.6. The zero-order valence-electron chi connectivity index (χ0n) is 4.08. The van der Waals surface area contributed by atoms with Gasteiger partial charge in [0.15, 0.2) is 6.16 Å². The van der Waals surface area contributed by atoms with E-state index < -0.39 is 14.1 Å². The van der Waals surface area contributed by atoms with Crippen LogP contribution in [0.2, 0.25) is 0 Å². The Morgan fingerprint density at radius 3 is 2.50 bits per heavy atom. The van der Waals surface area contributed by atoms with E-state index in [1.807, 2.05) is 0 Å². The number of aliphatic hydroxyl groups excluding tert-OH is 1. The summed E-state index contributed by atoms with van der Waals surface area (Å²) in [4.78, 5) is 9.79. The van der Waals surface area contributed by atoms with Gasteiger partial charge in [0, 0.05) is 0 Å². The van der Waals surface area contributed by atoms with Crippen molar-refractivity contribution in [3.05, 3.63) is 0 Å². The molecule has 5 heteroatoms. The second-order valence-corrected chi connectivity index (χ2v) is 2.66. The van der Waals surface area contributed by atoms with E-state index in [1.54, 1.807) is 0 Å². The molecule has 0 fully saturated rings. The van der Waals surface area contributed by atoms with Gasteiger partial charge in [-0.1, -0.05) is 4.57 Å². The summed E-state index contributed by atoms with van der Waals surface area (Å²) in [6.45, 7) is 0. The van der Waals surface area contributed by atoms with E-state index >= 15 is 0 Å². The van der Waals surface area contributed by atoms with E-state index in [9.17, 15) is 9.46 Å². The van der Waals surface area contributed by atoms with Crippen LogP contribution in [0.15, 0.2) is 0 Å². The van der Waals surface area contributed by atoms with Crippen molar-refractivity contribution < 1.29 is 14.6 Å². The third kappa shape index (κ3) is 4.47. The van der Waals surface area contributed by atoms with Gasteiger partial charge in [-0.05, 0) is 0 Å². The highest BCUT2D eigenvalue weighted by Crippen LogP contribution is 2.08. The molecule has 0 aliphatic carbocycles. The molecule has 2 unspecified atom stereocenters. The number of hydrogen-bond donors (Lipinski definition) is 1. The van der Waals surface area contributed by atoms with Crippen LogP contribution in [0.4, 0.5) is 0 Å². The first kappa shape index (κ1) is 8.31. The molecule has 0 bridgehead atoms. The highest BCUT2D eigenvalue weighted by Gasteiger charge is 2.09. The first-order valence-electron chi connectivity index (χ1n) is 2.02. The average Bonchev–Trinajstić information content (AvgIpc) is 1.65. The lowest BCUT2D eigenvalue weighted by atomic mass is 10.5. The topological polar surface area (TPSA) is 60.4 Å². The van der Waals surface area contributed by atoms with E-state index in [0.29, 0.717) is 0 Å². The molecule has 0 aliphatic rings. The lowest BCUT2D eigenvalue weighted by molar-refractivity contribution is -0.165. The number of hydrogen-bond acceptors (Lipinski definition) is 3. The monoisotopic (exact) mass is 156 g/mol. The SMILES string of the molecule is O=[P+]([O-])CC(O)CCl. The van der Waals surface area contributed by atoms with Crippen LogP contribution in [0.25, 0.3) is 0 Å². The van der Waals surface area contributed by atoms with Crippen LogP contribution in [0.5, 0.6) is 0 Å². The Morgan fingerprint density at radius 1 is 1.88 bits per heavy atom. The van der Waals surface area contributed by atoms with Gasteiger partial charge >= 0.3 is 8.03 Å². The maximum absolute atomic E-state index is 9.79. The molecule has 0 amide bonds. The summed E-state index contributed by atoms with van der Waals surface area (Å²) in [5.41, 5.74) is 0. The van der Waals surface area contributed by atoms with Gasteiger partial charge in [0.2, 0.25) is 0 Å². The first-order chi connectivity index (χ1) is 3.66. The van der Waals surface area contributed by atoms with Crippen molar-refractivity contribution in [3.63, 3.8) is 0 Å². The van der Waals surface area contributed by atoms with Crippen molar-refractivity contribution in [2.75, 3.05) is 12.0 Å². The third-order valence-electron chi connectivity index (χ3n) is 0.538. The van der Waals surface area contributed by atoms with Crippen molar-refractivity contribution >= 4 is 19.6 Å². The molecular weight excluding hydrogens is 150 g/mol. The molecule has 3 nitrogen and oxygen atoms in total. The summed E-state index contributed by atoms with van der Waals surface area (Å²) in [7, 11) is -2.48. The number of rotatable bonds is 3. The zero-order chi connectivity index (χ0) is 6.57. The molecule has 0 aromatic heterocycles. The molecule has 48 valence electrons. The van der Waals surface area contributed by atoms with E-state index in [-0.39, 0.29) is 12.0 Å². The molecule has 0 saturated heterocycles. The second-order valence-electron chi connectivity index (χ2n) is 1.32. The van der Waals surface area contributed by atoms with Gasteiger partial charge in [0.1, 0.15) is 6.10 Å². The Labute approximate surface area is 53.2 Å². The summed E-state index contributed by atoms with van der Waals surface area (Å²) in [5.74, 6) is -0.0245. The van der Waals surface area contributed by atoms with Gasteiger partial charge in [-0.2, -0.15) is 0 Å². The second kappa shape index (κ2) is 4.21. The van der Waals surface area contributed by atoms with E-state index in [1.165, 1.54) is 0 Å². The molecule has 0 aromatic carbocycles. The van der Waals surface area contributed by atoms with Crippen molar-refractivity contribution in [3.8, 4) is 0 Å². The summed E-state index contributed by atoms with van der Waals surface area (Å²) in [6.07, 6.45) is -1.14. The Hall–Kier alpha value is 0.310. The minimum absolute atomic E-state index is 0.0245. The van der Waals surface area contributed by atoms with Gasteiger partial charge in [0.25, 0.3) is 0 Å². The molecule has 0 radical (unpaired) electrons. The van der Waals surface area contributed by atoms with Crippen LogP contribution < -0.4 is 4.89 Å². The Bertz CT molecular complexity index is 86.6. The Morgan fingerprint density at radius 2 is 2.38 bits per heavy atom. The quantitative estimate of drug-likeness (QED) is 0.450. The molecule has 0 aliphatic heterocycles. The first-order valence-corrected chi connectivity index (χ1v) is 3.92. The fourth-order valence-electron chi connectivity index (χ4n) is 0.221. The standard InChI is InChI=1S/C3H6ClO3P/c4-1-3(5)2-8(6)7/h3,5H,1-2H2. The summed E-state index contributed by atoms with van der Waals surface area (Å²) >= 11 is 5.08. The van der Waals surface area contributed by atoms with Crippen molar-refractivity contribution in [2.45, 2.75) is 6.10 Å². The maximum atomic E-state index is 9.79. The Kier molecular flexibility index (Phi) is 4.38. The molecule has 8 heavy (non-hydrogen) atoms. The molecule has 2 atom stereocenters. The number of aliphatic hydroxyl groups is 1. The van der Waals surface area contributed by atoms with E-state index in [0.717, 1.165) is 0 Å². The minimum Gasteiger partial charge on any atom is -0.595 e. The molecular formula is C3H6ClO3P. The van der Waals surface area contributed by atoms with Gasteiger partial charge in [-0.25, -0.2) is 0 Å². The van der Waals surface area contributed by atoms with Gasteiger partial charge in [0.05, 0.1) is 5.88 Å². The zero-order valence-corrected chi connectivity index (χ0v) is 5.73. The molecule has 0 aromatic rings. The fourth-order valence-corrected chi connectivity index (χ4v) is 0.955. The van der Waals surface area contributed by atoms with Crippen LogP contribution in [0.1, 0.15) is 0 Å². The number of halogens is 1. The van der Waals surface area contributed by atoms with Crippen molar-refractivity contribution in [1.82, 2.24) is 0 Å². The summed E-state index contributed by atoms with van der Waals surface area (Å²) in [6, 6.07) is 0. The van der Waals surface area contributed by atoms with Crippen LogP contribution in [-0.4, -0.2) is 23.3 Å². The predicted molar refractivity (Wildman–Crippen MR) is 29.2 cm³/mol. The summed E-state index contributed by atoms with van der Waals surface area (Å²) < 4.78 is 9.79. The molecule has 0 spiro atoms. The molecule has 0 heterocycles. The fraction of sp³-hybridized carbons (Fsp3) is 1.00. The third-order valence-corrected chi connectivity index (χ3v) is 1.61. The van der Waals surface area contributed by atoms with E-state index in [2.05, 4.69) is 0 Å². The lowest BCUT2D eigenvalue weighted by Crippen LogP contribution is -2.13. The molecule has 1 N–H and O–H groups in total. The highest BCUT2D eigenvalue weighted by molar-refractivity contribution is 7.36. The molecule has 0 rings (SSSR count). The largest absolute Gasteiger partial charge is 0.595 e. The van der Waals surface area contributed by atoms with Crippen molar-refractivity contribution in [2.24, 2.45) is 0 Å².